The fraction of sp³-hybridized carbons (Fsp3) is 0.417. The lowest BCUT2D eigenvalue weighted by atomic mass is 9.96. The van der Waals surface area contributed by atoms with E-state index in [1.807, 2.05) is 18.4 Å². The predicted octanol–water partition coefficient (Wildman–Crippen LogP) is 4.29. The molecular formula is C24H30N6O3. The number of benzene rings is 1. The molecule has 1 fully saturated rings. The first kappa shape index (κ1) is 22.6. The van der Waals surface area contributed by atoms with Gasteiger partial charge in [0.2, 0.25) is 0 Å². The number of nitrogen functional groups attached to an aromatic ring is 1. The van der Waals surface area contributed by atoms with Gasteiger partial charge in [-0.05, 0) is 44.9 Å². The number of nitrogens with zero attached hydrogens (tertiary/aromatic N) is 3. The van der Waals surface area contributed by atoms with E-state index in [0.717, 1.165) is 25.7 Å². The number of fused-ring (bicyclic) bond motifs is 1. The van der Waals surface area contributed by atoms with Crippen LogP contribution in [0.4, 0.5) is 16.3 Å². The maximum Gasteiger partial charge on any atom is 0.319 e. The molecule has 9 nitrogen and oxygen atoms in total. The maximum atomic E-state index is 13.5. The van der Waals surface area contributed by atoms with Crippen molar-refractivity contribution in [3.8, 4) is 5.75 Å². The van der Waals surface area contributed by atoms with Crippen molar-refractivity contribution in [1.82, 2.24) is 19.9 Å². The first-order valence-corrected chi connectivity index (χ1v) is 11.3. The summed E-state index contributed by atoms with van der Waals surface area (Å²) in [6.45, 7) is 4.01. The second-order valence-electron chi connectivity index (χ2n) is 8.68. The number of ether oxygens (including phenoxy) is 1. The van der Waals surface area contributed by atoms with Crippen LogP contribution in [0.2, 0.25) is 0 Å². The van der Waals surface area contributed by atoms with Crippen LogP contribution in [-0.2, 0) is 0 Å². The average Bonchev–Trinajstić information content (AvgIpc) is 3.20. The lowest BCUT2D eigenvalue weighted by molar-refractivity contribution is 0.104. The molecule has 4 rings (SSSR count). The maximum absolute atomic E-state index is 13.5. The van der Waals surface area contributed by atoms with Crippen molar-refractivity contribution in [1.29, 1.82) is 0 Å². The summed E-state index contributed by atoms with van der Waals surface area (Å²) in [6.07, 6.45) is 8.56. The molecule has 0 atom stereocenters. The van der Waals surface area contributed by atoms with Gasteiger partial charge < -0.3 is 25.7 Å². The number of urea groups is 1. The second kappa shape index (κ2) is 9.48. The Labute approximate surface area is 192 Å². The summed E-state index contributed by atoms with van der Waals surface area (Å²) < 4.78 is 7.31. The first-order chi connectivity index (χ1) is 15.9. The molecule has 2 amide bonds. The molecule has 9 heteroatoms. The molecule has 0 radical (unpaired) electrons. The number of anilines is 2. The average molecular weight is 451 g/mol. The number of nitrogens with one attached hydrogen (secondary N) is 2. The van der Waals surface area contributed by atoms with Crippen LogP contribution in [0.25, 0.3) is 11.0 Å². The van der Waals surface area contributed by atoms with Gasteiger partial charge in [0.25, 0.3) is 0 Å². The number of carbonyl (C=O) groups excluding carboxylic acids is 2. The quantitative estimate of drug-likeness (QED) is 0.481. The molecular weight excluding hydrogens is 420 g/mol. The Bertz CT molecular complexity index is 1180. The zero-order chi connectivity index (χ0) is 23.5. The minimum absolute atomic E-state index is 0.0833. The number of hydrogen-bond donors (Lipinski definition) is 3. The minimum Gasteiger partial charge on any atom is -0.495 e. The van der Waals surface area contributed by atoms with Crippen molar-refractivity contribution in [3.05, 3.63) is 41.9 Å². The number of nitrogens with two attached hydrogens (primary N) is 1. The van der Waals surface area contributed by atoms with E-state index in [4.69, 9.17) is 10.5 Å². The van der Waals surface area contributed by atoms with E-state index in [9.17, 15) is 9.59 Å². The third-order valence-corrected chi connectivity index (χ3v) is 6.09. The van der Waals surface area contributed by atoms with E-state index in [2.05, 4.69) is 20.6 Å². The summed E-state index contributed by atoms with van der Waals surface area (Å²) in [7, 11) is 1.52. The van der Waals surface area contributed by atoms with E-state index in [1.165, 1.54) is 19.9 Å². The summed E-state index contributed by atoms with van der Waals surface area (Å²) in [6, 6.07) is 4.91. The molecule has 0 aliphatic heterocycles. The SMILES string of the molecule is COc1ccc(C(=O)c2cn(C(C)C)c3ncnc(N)c23)cc1NC(=O)NC1CCCCC1. The van der Waals surface area contributed by atoms with Gasteiger partial charge in [-0.1, -0.05) is 19.3 Å². The summed E-state index contributed by atoms with van der Waals surface area (Å²) in [5.41, 5.74) is 7.96. The summed E-state index contributed by atoms with van der Waals surface area (Å²) in [4.78, 5) is 34.5. The summed E-state index contributed by atoms with van der Waals surface area (Å²) in [5.74, 6) is 0.485. The molecule has 0 spiro atoms. The van der Waals surface area contributed by atoms with Crippen LogP contribution in [0, 0.1) is 0 Å². The van der Waals surface area contributed by atoms with Crippen molar-refractivity contribution < 1.29 is 14.3 Å². The Morgan fingerprint density at radius 2 is 1.94 bits per heavy atom. The van der Waals surface area contributed by atoms with Crippen LogP contribution < -0.4 is 21.1 Å². The molecule has 1 aliphatic carbocycles. The van der Waals surface area contributed by atoms with Crippen molar-refractivity contribution in [2.45, 2.75) is 58.0 Å². The number of aromatic nitrogens is 3. The number of rotatable bonds is 6. The Morgan fingerprint density at radius 3 is 2.64 bits per heavy atom. The predicted molar refractivity (Wildman–Crippen MR) is 128 cm³/mol. The van der Waals surface area contributed by atoms with Crippen LogP contribution in [0.15, 0.2) is 30.7 Å². The molecule has 0 bridgehead atoms. The number of ketones is 1. The zero-order valence-electron chi connectivity index (χ0n) is 19.2. The standard InChI is InChI=1S/C24H30N6O3/c1-14(2)30-12-17(20-22(25)26-13-27-23(20)30)21(31)15-9-10-19(33-3)18(11-15)29-24(32)28-16-7-5-4-6-8-16/h9-14,16H,4-8H2,1-3H3,(H2,25,26,27)(H2,28,29,32). The second-order valence-corrected chi connectivity index (χ2v) is 8.68. The highest BCUT2D eigenvalue weighted by Gasteiger charge is 2.23. The van der Waals surface area contributed by atoms with Gasteiger partial charge in [0.1, 0.15) is 23.5 Å². The molecule has 3 aromatic rings. The molecule has 174 valence electrons. The largest absolute Gasteiger partial charge is 0.495 e. The molecule has 0 saturated heterocycles. The van der Waals surface area contributed by atoms with E-state index in [0.29, 0.717) is 33.6 Å². The van der Waals surface area contributed by atoms with E-state index in [1.54, 1.807) is 24.4 Å². The van der Waals surface area contributed by atoms with Gasteiger partial charge >= 0.3 is 6.03 Å². The highest BCUT2D eigenvalue weighted by molar-refractivity contribution is 6.18. The van der Waals surface area contributed by atoms with Crippen molar-refractivity contribution in [2.24, 2.45) is 0 Å². The number of amides is 2. The van der Waals surface area contributed by atoms with Gasteiger partial charge in [-0.25, -0.2) is 14.8 Å². The van der Waals surface area contributed by atoms with Gasteiger partial charge in [0.05, 0.1) is 23.7 Å². The third-order valence-electron chi connectivity index (χ3n) is 6.09. The summed E-state index contributed by atoms with van der Waals surface area (Å²) >= 11 is 0. The molecule has 33 heavy (non-hydrogen) atoms. The fourth-order valence-corrected chi connectivity index (χ4v) is 4.37. The monoisotopic (exact) mass is 450 g/mol. The van der Waals surface area contributed by atoms with Crippen molar-refractivity contribution in [2.75, 3.05) is 18.2 Å². The highest BCUT2D eigenvalue weighted by Crippen LogP contribution is 2.31. The molecule has 1 aromatic carbocycles. The van der Waals surface area contributed by atoms with Gasteiger partial charge in [-0.2, -0.15) is 0 Å². The Morgan fingerprint density at radius 1 is 1.18 bits per heavy atom. The van der Waals surface area contributed by atoms with Crippen LogP contribution in [0.3, 0.4) is 0 Å². The van der Waals surface area contributed by atoms with E-state index in [-0.39, 0.29) is 29.7 Å². The first-order valence-electron chi connectivity index (χ1n) is 11.3. The normalized spacial score (nSPS) is 14.4. The number of hydrogen-bond acceptors (Lipinski definition) is 6. The van der Waals surface area contributed by atoms with Crippen LogP contribution >= 0.6 is 0 Å². The molecule has 1 aliphatic rings. The van der Waals surface area contributed by atoms with Crippen LogP contribution in [0.1, 0.15) is 67.9 Å². The lowest BCUT2D eigenvalue weighted by Gasteiger charge is -2.23. The lowest BCUT2D eigenvalue weighted by Crippen LogP contribution is -2.39. The molecule has 1 saturated carbocycles. The van der Waals surface area contributed by atoms with E-state index < -0.39 is 0 Å². The smallest absolute Gasteiger partial charge is 0.319 e. The highest BCUT2D eigenvalue weighted by atomic mass is 16.5. The van der Waals surface area contributed by atoms with Gasteiger partial charge in [0.15, 0.2) is 5.78 Å². The molecule has 4 N–H and O–H groups in total. The molecule has 2 heterocycles. The summed E-state index contributed by atoms with van der Waals surface area (Å²) in [5, 5.41) is 6.39. The zero-order valence-corrected chi connectivity index (χ0v) is 19.2. The molecule has 2 aromatic heterocycles. The van der Waals surface area contributed by atoms with Gasteiger partial charge in [0, 0.05) is 23.8 Å². The number of methoxy groups -OCH3 is 1. The van der Waals surface area contributed by atoms with E-state index >= 15 is 0 Å². The van der Waals surface area contributed by atoms with Crippen molar-refractivity contribution in [3.63, 3.8) is 0 Å². The van der Waals surface area contributed by atoms with Crippen molar-refractivity contribution >= 4 is 34.4 Å². The third kappa shape index (κ3) is 4.62. The minimum atomic E-state index is -0.307. The van der Waals surface area contributed by atoms with Gasteiger partial charge in [-0.3, -0.25) is 4.79 Å². The molecule has 0 unspecified atom stereocenters. The topological polar surface area (TPSA) is 124 Å². The fourth-order valence-electron chi connectivity index (χ4n) is 4.37. The Balaban J connectivity index is 1.65. The Hall–Kier alpha value is -3.62. The Kier molecular flexibility index (Phi) is 6.48. The van der Waals surface area contributed by atoms with Crippen LogP contribution in [-0.4, -0.2) is 39.5 Å². The van der Waals surface area contributed by atoms with Gasteiger partial charge in [-0.15, -0.1) is 0 Å². The number of carbonyl (C=O) groups is 2. The van der Waals surface area contributed by atoms with Crippen LogP contribution in [0.5, 0.6) is 5.75 Å².